The number of nitrogens with zero attached hydrogens (tertiary/aromatic N) is 2. The van der Waals surface area contributed by atoms with Crippen molar-refractivity contribution in [3.05, 3.63) is 101 Å². The molecule has 2 heterocycles. The molecule has 0 spiro atoms. The molecule has 0 saturated heterocycles. The molecule has 5 rings (SSSR count). The summed E-state index contributed by atoms with van der Waals surface area (Å²) in [5.74, 6) is -1.06. The molecule has 4 aromatic rings. The van der Waals surface area contributed by atoms with Crippen LogP contribution in [0, 0.1) is 12.8 Å². The van der Waals surface area contributed by atoms with Crippen LogP contribution in [0.25, 0.3) is 10.9 Å². The first-order valence-electron chi connectivity index (χ1n) is 13.0. The van der Waals surface area contributed by atoms with Crippen LogP contribution in [0.15, 0.2) is 72.8 Å². The zero-order chi connectivity index (χ0) is 28.1. The number of aryl methyl sites for hydroxylation is 1. The number of hydrogen-bond donors (Lipinski definition) is 1. The SMILES string of the molecule is CCC(C)C(C(=O)Nc1cccc(C(F)(F)F)c1)N1C(=O)c2ccccc2C1c1c(C)n(C)c2ccccc12. The van der Waals surface area contributed by atoms with E-state index in [1.807, 2.05) is 64.2 Å². The maximum absolute atomic E-state index is 14.0. The van der Waals surface area contributed by atoms with Gasteiger partial charge in [0.2, 0.25) is 5.91 Å². The average molecular weight is 534 g/mol. The third-order valence-corrected chi connectivity index (χ3v) is 7.93. The molecule has 0 bridgehead atoms. The quantitative estimate of drug-likeness (QED) is 0.287. The van der Waals surface area contributed by atoms with Crippen LogP contribution in [0.1, 0.15) is 59.1 Å². The highest BCUT2D eigenvalue weighted by Gasteiger charge is 2.47. The number of halogens is 3. The molecule has 3 aromatic carbocycles. The van der Waals surface area contributed by atoms with Gasteiger partial charge in [-0.05, 0) is 48.7 Å². The number of benzene rings is 3. The molecule has 202 valence electrons. The molecule has 1 aromatic heterocycles. The lowest BCUT2D eigenvalue weighted by Gasteiger charge is -2.36. The first-order valence-corrected chi connectivity index (χ1v) is 13.0. The number of aromatic nitrogens is 1. The van der Waals surface area contributed by atoms with E-state index < -0.39 is 29.7 Å². The molecular formula is C31H30F3N3O2. The van der Waals surface area contributed by atoms with E-state index >= 15 is 0 Å². The Morgan fingerprint density at radius 1 is 1.03 bits per heavy atom. The lowest BCUT2D eigenvalue weighted by molar-refractivity contribution is -0.137. The summed E-state index contributed by atoms with van der Waals surface area (Å²) in [7, 11) is 1.97. The van der Waals surface area contributed by atoms with Crippen molar-refractivity contribution in [1.29, 1.82) is 0 Å². The van der Waals surface area contributed by atoms with E-state index in [4.69, 9.17) is 0 Å². The first-order chi connectivity index (χ1) is 18.5. The Kier molecular flexibility index (Phi) is 6.74. The zero-order valence-electron chi connectivity index (χ0n) is 22.2. The molecule has 1 N–H and O–H groups in total. The van der Waals surface area contributed by atoms with E-state index in [-0.39, 0.29) is 17.5 Å². The minimum atomic E-state index is -4.54. The zero-order valence-corrected chi connectivity index (χ0v) is 22.2. The van der Waals surface area contributed by atoms with E-state index in [9.17, 15) is 22.8 Å². The summed E-state index contributed by atoms with van der Waals surface area (Å²) in [4.78, 5) is 29.6. The molecule has 8 heteroatoms. The van der Waals surface area contributed by atoms with Crippen LogP contribution in [-0.2, 0) is 18.0 Å². The molecule has 3 atom stereocenters. The summed E-state index contributed by atoms with van der Waals surface area (Å²) in [6, 6.07) is 18.4. The number of nitrogens with one attached hydrogen (secondary N) is 1. The Morgan fingerprint density at radius 3 is 2.44 bits per heavy atom. The molecule has 0 aliphatic carbocycles. The van der Waals surface area contributed by atoms with Gasteiger partial charge in [0, 0.05) is 40.5 Å². The van der Waals surface area contributed by atoms with Crippen molar-refractivity contribution in [2.45, 2.75) is 45.5 Å². The Bertz CT molecular complexity index is 1570. The fraction of sp³-hybridized carbons (Fsp3) is 0.290. The number of carbonyl (C=O) groups is 2. The Balaban J connectivity index is 1.64. The number of carbonyl (C=O) groups excluding carboxylic acids is 2. The van der Waals surface area contributed by atoms with E-state index in [1.165, 1.54) is 12.1 Å². The predicted octanol–water partition coefficient (Wildman–Crippen LogP) is 7.10. The average Bonchev–Trinajstić information content (AvgIpc) is 3.33. The van der Waals surface area contributed by atoms with Crippen LogP contribution in [0.2, 0.25) is 0 Å². The van der Waals surface area contributed by atoms with Crippen LogP contribution in [0.3, 0.4) is 0 Å². The van der Waals surface area contributed by atoms with Crippen molar-refractivity contribution in [1.82, 2.24) is 9.47 Å². The lowest BCUT2D eigenvalue weighted by Crippen LogP contribution is -2.50. The summed E-state index contributed by atoms with van der Waals surface area (Å²) in [5.41, 5.74) is 3.43. The summed E-state index contributed by atoms with van der Waals surface area (Å²) in [6.45, 7) is 5.82. The maximum Gasteiger partial charge on any atom is 0.416 e. The molecule has 39 heavy (non-hydrogen) atoms. The maximum atomic E-state index is 14.0. The second-order valence-electron chi connectivity index (χ2n) is 10.2. The van der Waals surface area contributed by atoms with Crippen molar-refractivity contribution in [3.8, 4) is 0 Å². The minimum absolute atomic E-state index is 0.0326. The van der Waals surface area contributed by atoms with Gasteiger partial charge in [-0.1, -0.05) is 62.7 Å². The van der Waals surface area contributed by atoms with Gasteiger partial charge in [-0.15, -0.1) is 0 Å². The van der Waals surface area contributed by atoms with E-state index in [2.05, 4.69) is 9.88 Å². The fourth-order valence-electron chi connectivity index (χ4n) is 5.68. The summed E-state index contributed by atoms with van der Waals surface area (Å²) < 4.78 is 42.1. The van der Waals surface area contributed by atoms with Gasteiger partial charge in [0.1, 0.15) is 6.04 Å². The van der Waals surface area contributed by atoms with Crippen molar-refractivity contribution in [2.24, 2.45) is 13.0 Å². The highest BCUT2D eigenvalue weighted by atomic mass is 19.4. The second kappa shape index (κ2) is 9.91. The minimum Gasteiger partial charge on any atom is -0.348 e. The van der Waals surface area contributed by atoms with Gasteiger partial charge in [-0.3, -0.25) is 9.59 Å². The van der Waals surface area contributed by atoms with E-state index in [0.29, 0.717) is 12.0 Å². The van der Waals surface area contributed by atoms with Crippen molar-refractivity contribution >= 4 is 28.4 Å². The first kappa shape index (κ1) is 26.5. The molecule has 2 amide bonds. The van der Waals surface area contributed by atoms with Crippen LogP contribution in [0.4, 0.5) is 18.9 Å². The number of amides is 2. The topological polar surface area (TPSA) is 54.3 Å². The molecule has 0 fully saturated rings. The third-order valence-electron chi connectivity index (χ3n) is 7.93. The smallest absolute Gasteiger partial charge is 0.348 e. The lowest BCUT2D eigenvalue weighted by atomic mass is 9.91. The number of alkyl halides is 3. The highest BCUT2D eigenvalue weighted by molar-refractivity contribution is 6.05. The Labute approximate surface area is 225 Å². The van der Waals surface area contributed by atoms with Crippen LogP contribution in [-0.4, -0.2) is 27.3 Å². The molecule has 0 radical (unpaired) electrons. The number of hydrogen-bond acceptors (Lipinski definition) is 2. The summed E-state index contributed by atoms with van der Waals surface area (Å²) in [5, 5.41) is 3.67. The molecule has 0 saturated carbocycles. The molecule has 1 aliphatic heterocycles. The standard InChI is InChI=1S/C31H30F3N3O2/c1-5-18(2)27(29(38)35-21-12-10-11-20(17-21)31(32,33)34)37-28(22-13-6-7-14-23(22)30(37)39)26-19(3)36(4)25-16-9-8-15-24(25)26/h6-18,27-28H,5H2,1-4H3,(H,35,38). The molecule has 5 nitrogen and oxygen atoms in total. The van der Waals surface area contributed by atoms with Gasteiger partial charge < -0.3 is 14.8 Å². The van der Waals surface area contributed by atoms with E-state index in [0.717, 1.165) is 39.9 Å². The van der Waals surface area contributed by atoms with Gasteiger partial charge in [-0.2, -0.15) is 13.2 Å². The van der Waals surface area contributed by atoms with Crippen LogP contribution in [0.5, 0.6) is 0 Å². The van der Waals surface area contributed by atoms with Crippen molar-refractivity contribution in [3.63, 3.8) is 0 Å². The van der Waals surface area contributed by atoms with E-state index in [1.54, 1.807) is 17.0 Å². The Morgan fingerprint density at radius 2 is 1.72 bits per heavy atom. The number of para-hydroxylation sites is 1. The fourth-order valence-corrected chi connectivity index (χ4v) is 5.68. The van der Waals surface area contributed by atoms with Gasteiger partial charge in [0.15, 0.2) is 0 Å². The van der Waals surface area contributed by atoms with Gasteiger partial charge in [0.25, 0.3) is 5.91 Å². The van der Waals surface area contributed by atoms with Gasteiger partial charge in [-0.25, -0.2) is 0 Å². The van der Waals surface area contributed by atoms with Crippen molar-refractivity contribution < 1.29 is 22.8 Å². The monoisotopic (exact) mass is 533 g/mol. The largest absolute Gasteiger partial charge is 0.416 e. The predicted molar refractivity (Wildman–Crippen MR) is 145 cm³/mol. The van der Waals surface area contributed by atoms with Crippen molar-refractivity contribution in [2.75, 3.05) is 5.32 Å². The molecular weight excluding hydrogens is 503 g/mol. The molecule has 1 aliphatic rings. The van der Waals surface area contributed by atoms with Gasteiger partial charge in [0.05, 0.1) is 11.6 Å². The Hall–Kier alpha value is -4.07. The summed E-state index contributed by atoms with van der Waals surface area (Å²) in [6.07, 6.45) is -3.96. The number of rotatable bonds is 6. The van der Waals surface area contributed by atoms with Crippen LogP contribution >= 0.6 is 0 Å². The number of fused-ring (bicyclic) bond motifs is 2. The molecule has 3 unspecified atom stereocenters. The number of anilines is 1. The van der Waals surface area contributed by atoms with Crippen LogP contribution < -0.4 is 5.32 Å². The third kappa shape index (κ3) is 4.47. The second-order valence-corrected chi connectivity index (χ2v) is 10.2. The summed E-state index contributed by atoms with van der Waals surface area (Å²) >= 11 is 0. The highest BCUT2D eigenvalue weighted by Crippen LogP contribution is 2.45. The van der Waals surface area contributed by atoms with Gasteiger partial charge >= 0.3 is 6.18 Å². The normalized spacial score (nSPS) is 16.8.